The van der Waals surface area contributed by atoms with Crippen LogP contribution in [0.25, 0.3) is 10.9 Å². The Morgan fingerprint density at radius 3 is 2.83 bits per heavy atom. The summed E-state index contributed by atoms with van der Waals surface area (Å²) in [6.07, 6.45) is 2.14. The molecule has 0 saturated carbocycles. The fourth-order valence-electron chi connectivity index (χ4n) is 1.55. The van der Waals surface area contributed by atoms with Crippen LogP contribution in [0.15, 0.2) is 30.5 Å². The molecule has 1 heterocycles. The highest BCUT2D eigenvalue weighted by atomic mass is 32.1. The first-order valence-electron chi connectivity index (χ1n) is 3.96. The van der Waals surface area contributed by atoms with Crippen molar-refractivity contribution in [2.24, 2.45) is 7.05 Å². The van der Waals surface area contributed by atoms with E-state index >= 15 is 0 Å². The SMILES string of the molecule is Cn1cc(CS)c2ccccc21. The summed E-state index contributed by atoms with van der Waals surface area (Å²) < 4.78 is 2.14. The van der Waals surface area contributed by atoms with Crippen LogP contribution in [0.5, 0.6) is 0 Å². The lowest BCUT2D eigenvalue weighted by molar-refractivity contribution is 0.963. The molecule has 0 fully saturated rings. The van der Waals surface area contributed by atoms with Crippen LogP contribution in [0.1, 0.15) is 5.56 Å². The second-order valence-corrected chi connectivity index (χ2v) is 3.26. The summed E-state index contributed by atoms with van der Waals surface area (Å²) >= 11 is 4.29. The molecule has 0 spiro atoms. The fraction of sp³-hybridized carbons (Fsp3) is 0.200. The molecule has 0 aliphatic carbocycles. The summed E-state index contributed by atoms with van der Waals surface area (Å²) in [5, 5.41) is 1.31. The number of para-hydroxylation sites is 1. The van der Waals surface area contributed by atoms with Crippen molar-refractivity contribution in [3.05, 3.63) is 36.0 Å². The van der Waals surface area contributed by atoms with Gasteiger partial charge in [0.05, 0.1) is 0 Å². The lowest BCUT2D eigenvalue weighted by Gasteiger charge is -1.93. The predicted octanol–water partition coefficient (Wildman–Crippen LogP) is 2.61. The van der Waals surface area contributed by atoms with Crippen molar-refractivity contribution in [2.45, 2.75) is 5.75 Å². The zero-order valence-corrected chi connectivity index (χ0v) is 7.88. The Bertz CT molecular complexity index is 403. The highest BCUT2D eigenvalue weighted by Gasteiger charge is 2.02. The van der Waals surface area contributed by atoms with Crippen LogP contribution in [0.3, 0.4) is 0 Å². The van der Waals surface area contributed by atoms with Gasteiger partial charge in [0.15, 0.2) is 0 Å². The van der Waals surface area contributed by atoms with Gasteiger partial charge in [-0.25, -0.2) is 0 Å². The first-order chi connectivity index (χ1) is 5.83. The maximum atomic E-state index is 4.29. The van der Waals surface area contributed by atoms with Crippen LogP contribution in [0, 0.1) is 0 Å². The molecule has 0 amide bonds. The van der Waals surface area contributed by atoms with Gasteiger partial charge in [0.25, 0.3) is 0 Å². The standard InChI is InChI=1S/C10H11NS/c1-11-6-8(7-12)9-4-2-3-5-10(9)11/h2-6,12H,7H2,1H3. The number of benzene rings is 1. The molecule has 0 aliphatic rings. The number of fused-ring (bicyclic) bond motifs is 1. The first kappa shape index (κ1) is 7.74. The van der Waals surface area contributed by atoms with E-state index in [9.17, 15) is 0 Å². The summed E-state index contributed by atoms with van der Waals surface area (Å²) in [4.78, 5) is 0. The molecule has 1 nitrogen and oxygen atoms in total. The number of thiol groups is 1. The van der Waals surface area contributed by atoms with Gasteiger partial charge in [-0.15, -0.1) is 0 Å². The number of nitrogens with zero attached hydrogens (tertiary/aromatic N) is 1. The lowest BCUT2D eigenvalue weighted by atomic mass is 10.2. The van der Waals surface area contributed by atoms with Gasteiger partial charge in [0.1, 0.15) is 0 Å². The van der Waals surface area contributed by atoms with Crippen molar-refractivity contribution in [1.82, 2.24) is 4.57 Å². The second-order valence-electron chi connectivity index (χ2n) is 2.94. The van der Waals surface area contributed by atoms with E-state index in [2.05, 4.69) is 54.7 Å². The minimum Gasteiger partial charge on any atom is -0.350 e. The second kappa shape index (κ2) is 2.87. The highest BCUT2D eigenvalue weighted by molar-refractivity contribution is 7.79. The van der Waals surface area contributed by atoms with Gasteiger partial charge in [0.2, 0.25) is 0 Å². The van der Waals surface area contributed by atoms with Crippen LogP contribution in [-0.2, 0) is 12.8 Å². The molecule has 1 aromatic heterocycles. The third-order valence-corrected chi connectivity index (χ3v) is 2.49. The van der Waals surface area contributed by atoms with Gasteiger partial charge in [-0.1, -0.05) is 18.2 Å². The molecule has 1 aromatic carbocycles. The average molecular weight is 177 g/mol. The van der Waals surface area contributed by atoms with E-state index in [1.54, 1.807) is 0 Å². The normalized spacial score (nSPS) is 10.8. The van der Waals surface area contributed by atoms with E-state index in [0.717, 1.165) is 5.75 Å². The molecule has 0 aliphatic heterocycles. The van der Waals surface area contributed by atoms with Crippen LogP contribution < -0.4 is 0 Å². The van der Waals surface area contributed by atoms with E-state index < -0.39 is 0 Å². The molecule has 0 N–H and O–H groups in total. The zero-order chi connectivity index (χ0) is 8.55. The molecule has 2 heteroatoms. The number of rotatable bonds is 1. The molecule has 0 radical (unpaired) electrons. The van der Waals surface area contributed by atoms with Crippen molar-refractivity contribution in [1.29, 1.82) is 0 Å². The molecule has 2 rings (SSSR count). The minimum absolute atomic E-state index is 0.807. The Morgan fingerprint density at radius 2 is 2.08 bits per heavy atom. The third-order valence-electron chi connectivity index (χ3n) is 2.15. The van der Waals surface area contributed by atoms with Crippen LogP contribution >= 0.6 is 12.6 Å². The monoisotopic (exact) mass is 177 g/mol. The molecule has 0 bridgehead atoms. The van der Waals surface area contributed by atoms with E-state index in [1.807, 2.05) is 0 Å². The summed E-state index contributed by atoms with van der Waals surface area (Å²) in [7, 11) is 2.06. The molecule has 0 atom stereocenters. The Hall–Kier alpha value is -0.890. The predicted molar refractivity (Wildman–Crippen MR) is 55.6 cm³/mol. The number of aryl methyl sites for hydroxylation is 1. The van der Waals surface area contributed by atoms with Gasteiger partial charge in [-0.05, 0) is 11.6 Å². The maximum Gasteiger partial charge on any atom is 0.0480 e. The van der Waals surface area contributed by atoms with E-state index in [-0.39, 0.29) is 0 Å². The van der Waals surface area contributed by atoms with E-state index in [4.69, 9.17) is 0 Å². The Kier molecular flexibility index (Phi) is 1.85. The molecule has 2 aromatic rings. The Balaban J connectivity index is 2.82. The Labute approximate surface area is 77.4 Å². The summed E-state index contributed by atoms with van der Waals surface area (Å²) in [6, 6.07) is 8.39. The van der Waals surface area contributed by atoms with Crippen molar-refractivity contribution < 1.29 is 0 Å². The fourth-order valence-corrected chi connectivity index (χ4v) is 1.80. The van der Waals surface area contributed by atoms with Crippen molar-refractivity contribution in [3.8, 4) is 0 Å². The van der Waals surface area contributed by atoms with Gasteiger partial charge in [-0.2, -0.15) is 12.6 Å². The quantitative estimate of drug-likeness (QED) is 0.639. The van der Waals surface area contributed by atoms with Gasteiger partial charge >= 0.3 is 0 Å². The topological polar surface area (TPSA) is 4.93 Å². The van der Waals surface area contributed by atoms with Gasteiger partial charge < -0.3 is 4.57 Å². The molecule has 62 valence electrons. The van der Waals surface area contributed by atoms with Crippen LogP contribution in [0.4, 0.5) is 0 Å². The number of aromatic nitrogens is 1. The van der Waals surface area contributed by atoms with E-state index in [1.165, 1.54) is 16.5 Å². The summed E-state index contributed by atoms with van der Waals surface area (Å²) in [5.74, 6) is 0.807. The smallest absolute Gasteiger partial charge is 0.0480 e. The molecule has 0 unspecified atom stereocenters. The Morgan fingerprint density at radius 1 is 1.33 bits per heavy atom. The average Bonchev–Trinajstić information content (AvgIpc) is 2.44. The highest BCUT2D eigenvalue weighted by Crippen LogP contribution is 2.21. The molecular weight excluding hydrogens is 166 g/mol. The van der Waals surface area contributed by atoms with E-state index in [0.29, 0.717) is 0 Å². The number of hydrogen-bond donors (Lipinski definition) is 1. The zero-order valence-electron chi connectivity index (χ0n) is 6.99. The van der Waals surface area contributed by atoms with Crippen molar-refractivity contribution in [3.63, 3.8) is 0 Å². The van der Waals surface area contributed by atoms with Crippen LogP contribution in [-0.4, -0.2) is 4.57 Å². The largest absolute Gasteiger partial charge is 0.350 e. The summed E-state index contributed by atoms with van der Waals surface area (Å²) in [6.45, 7) is 0. The summed E-state index contributed by atoms with van der Waals surface area (Å²) in [5.41, 5.74) is 2.58. The minimum atomic E-state index is 0.807. The maximum absolute atomic E-state index is 4.29. The third kappa shape index (κ3) is 1.03. The van der Waals surface area contributed by atoms with Crippen LogP contribution in [0.2, 0.25) is 0 Å². The first-order valence-corrected chi connectivity index (χ1v) is 4.60. The van der Waals surface area contributed by atoms with Crippen molar-refractivity contribution >= 4 is 23.5 Å². The molecule has 0 saturated heterocycles. The van der Waals surface area contributed by atoms with Crippen molar-refractivity contribution in [2.75, 3.05) is 0 Å². The van der Waals surface area contributed by atoms with Gasteiger partial charge in [0, 0.05) is 29.9 Å². The van der Waals surface area contributed by atoms with Gasteiger partial charge in [-0.3, -0.25) is 0 Å². The molecule has 12 heavy (non-hydrogen) atoms. The molecular formula is C10H11NS. The number of hydrogen-bond acceptors (Lipinski definition) is 1. The lowest BCUT2D eigenvalue weighted by Crippen LogP contribution is -1.81.